The van der Waals surface area contributed by atoms with Crippen LogP contribution in [-0.4, -0.2) is 6.04 Å². The van der Waals surface area contributed by atoms with Crippen LogP contribution in [0.4, 0.5) is 0 Å². The van der Waals surface area contributed by atoms with E-state index in [1.807, 2.05) is 0 Å². The van der Waals surface area contributed by atoms with Crippen LogP contribution in [0.3, 0.4) is 0 Å². The van der Waals surface area contributed by atoms with Gasteiger partial charge in [0.2, 0.25) is 0 Å². The molecule has 2 bridgehead atoms. The molecule has 1 saturated carbocycles. The van der Waals surface area contributed by atoms with Crippen LogP contribution < -0.4 is 5.32 Å². The third-order valence-corrected chi connectivity index (χ3v) is 5.90. The van der Waals surface area contributed by atoms with Gasteiger partial charge in [-0.1, -0.05) is 62.4 Å². The fourth-order valence-electron chi connectivity index (χ4n) is 4.13. The lowest BCUT2D eigenvalue weighted by molar-refractivity contribution is -0.00331. The summed E-state index contributed by atoms with van der Waals surface area (Å²) in [6.07, 6.45) is 9.84. The molecule has 0 spiro atoms. The molecule has 1 aromatic carbocycles. The first kappa shape index (κ1) is 15.6. The minimum absolute atomic E-state index is 0.380. The molecule has 4 rings (SSSR count). The van der Waals surface area contributed by atoms with Gasteiger partial charge in [-0.25, -0.2) is 0 Å². The zero-order valence-electron chi connectivity index (χ0n) is 14.3. The Bertz CT molecular complexity index is 567. The molecule has 1 N–H and O–H groups in total. The molecule has 0 heterocycles. The summed E-state index contributed by atoms with van der Waals surface area (Å²) < 4.78 is 0. The molecule has 0 saturated heterocycles. The number of rotatable bonds is 5. The lowest BCUT2D eigenvalue weighted by Gasteiger charge is -2.56. The van der Waals surface area contributed by atoms with Gasteiger partial charge in [-0.15, -0.1) is 0 Å². The fourth-order valence-corrected chi connectivity index (χ4v) is 4.13. The van der Waals surface area contributed by atoms with Crippen molar-refractivity contribution in [3.63, 3.8) is 0 Å². The number of nitrogens with one attached hydrogen (secondary N) is 1. The zero-order valence-corrected chi connectivity index (χ0v) is 14.3. The van der Waals surface area contributed by atoms with E-state index in [-0.39, 0.29) is 0 Å². The average molecular weight is 295 g/mol. The van der Waals surface area contributed by atoms with Crippen LogP contribution in [0, 0.1) is 17.3 Å². The van der Waals surface area contributed by atoms with Gasteiger partial charge in [0.1, 0.15) is 0 Å². The van der Waals surface area contributed by atoms with Gasteiger partial charge in [-0.3, -0.25) is 0 Å². The van der Waals surface area contributed by atoms with Crippen molar-refractivity contribution >= 4 is 0 Å². The molecule has 3 aliphatic rings. The summed E-state index contributed by atoms with van der Waals surface area (Å²) in [5.41, 5.74) is 3.43. The molecule has 0 radical (unpaired) electrons. The van der Waals surface area contributed by atoms with Gasteiger partial charge in [0.15, 0.2) is 0 Å². The van der Waals surface area contributed by atoms with Gasteiger partial charge in [0, 0.05) is 12.1 Å². The molecule has 4 atom stereocenters. The number of benzene rings is 1. The molecule has 0 aliphatic heterocycles. The minimum atomic E-state index is 0.380. The molecule has 1 heteroatoms. The number of allylic oxidation sites excluding steroid dienone is 3. The van der Waals surface area contributed by atoms with Crippen LogP contribution in [0.1, 0.15) is 52.1 Å². The van der Waals surface area contributed by atoms with Crippen molar-refractivity contribution in [3.05, 3.63) is 59.7 Å². The second kappa shape index (κ2) is 6.04. The molecule has 22 heavy (non-hydrogen) atoms. The van der Waals surface area contributed by atoms with Crippen LogP contribution in [0.25, 0.3) is 0 Å². The molecule has 1 aromatic rings. The van der Waals surface area contributed by atoms with Gasteiger partial charge >= 0.3 is 0 Å². The Kier molecular flexibility index (Phi) is 4.27. The molecule has 0 amide bonds. The van der Waals surface area contributed by atoms with Crippen molar-refractivity contribution in [1.29, 1.82) is 0 Å². The third kappa shape index (κ3) is 2.92. The predicted octanol–water partition coefficient (Wildman–Crippen LogP) is 5.27. The maximum absolute atomic E-state index is 3.67. The number of fused-ring (bicyclic) bond motifs is 1. The SMILES string of the molecule is C[C@@H](/C=C\C1=CC[C@H]2C[C@@H]1C2(C)C)N[C@H](C)c1ccccc1. The quantitative estimate of drug-likeness (QED) is 0.780. The van der Waals surface area contributed by atoms with Gasteiger partial charge in [0.05, 0.1) is 0 Å². The molecule has 0 aromatic heterocycles. The normalized spacial score (nSPS) is 28.8. The summed E-state index contributed by atoms with van der Waals surface area (Å²) in [5.74, 6) is 1.70. The van der Waals surface area contributed by atoms with Crippen LogP contribution >= 0.6 is 0 Å². The predicted molar refractivity (Wildman–Crippen MR) is 94.7 cm³/mol. The van der Waals surface area contributed by atoms with Crippen molar-refractivity contribution < 1.29 is 0 Å². The lowest BCUT2D eigenvalue weighted by atomic mass is 9.49. The van der Waals surface area contributed by atoms with Gasteiger partial charge in [-0.2, -0.15) is 0 Å². The van der Waals surface area contributed by atoms with E-state index in [4.69, 9.17) is 0 Å². The smallest absolute Gasteiger partial charge is 0.0297 e. The van der Waals surface area contributed by atoms with E-state index in [0.717, 1.165) is 11.8 Å². The van der Waals surface area contributed by atoms with Crippen molar-refractivity contribution in [2.45, 2.75) is 52.6 Å². The van der Waals surface area contributed by atoms with Crippen LogP contribution in [-0.2, 0) is 0 Å². The number of hydrogen-bond donors (Lipinski definition) is 1. The molecular formula is C21H29N. The van der Waals surface area contributed by atoms with Crippen molar-refractivity contribution in [2.24, 2.45) is 17.3 Å². The monoisotopic (exact) mass is 295 g/mol. The van der Waals surface area contributed by atoms with E-state index in [2.05, 4.69) is 81.6 Å². The zero-order chi connectivity index (χ0) is 15.7. The van der Waals surface area contributed by atoms with Gasteiger partial charge < -0.3 is 5.32 Å². The van der Waals surface area contributed by atoms with Crippen LogP contribution in [0.5, 0.6) is 0 Å². The van der Waals surface area contributed by atoms with E-state index in [1.54, 1.807) is 5.57 Å². The van der Waals surface area contributed by atoms with E-state index in [9.17, 15) is 0 Å². The topological polar surface area (TPSA) is 12.0 Å². The van der Waals surface area contributed by atoms with E-state index in [1.165, 1.54) is 18.4 Å². The maximum atomic E-state index is 3.67. The lowest BCUT2D eigenvalue weighted by Crippen LogP contribution is -2.47. The molecule has 118 valence electrons. The van der Waals surface area contributed by atoms with Gasteiger partial charge in [-0.05, 0) is 55.1 Å². The molecule has 1 nitrogen and oxygen atoms in total. The van der Waals surface area contributed by atoms with Crippen LogP contribution in [0.2, 0.25) is 0 Å². The first-order valence-electron chi connectivity index (χ1n) is 8.67. The molecule has 3 aliphatic carbocycles. The van der Waals surface area contributed by atoms with Crippen molar-refractivity contribution in [2.75, 3.05) is 0 Å². The van der Waals surface area contributed by atoms with Crippen LogP contribution in [0.15, 0.2) is 54.1 Å². The molecule has 0 unspecified atom stereocenters. The van der Waals surface area contributed by atoms with E-state index in [0.29, 0.717) is 17.5 Å². The highest BCUT2D eigenvalue weighted by Crippen LogP contribution is 2.59. The Morgan fingerprint density at radius 2 is 1.91 bits per heavy atom. The van der Waals surface area contributed by atoms with Crippen molar-refractivity contribution in [3.8, 4) is 0 Å². The largest absolute Gasteiger partial charge is 0.304 e. The Morgan fingerprint density at radius 1 is 1.18 bits per heavy atom. The fraction of sp³-hybridized carbons (Fsp3) is 0.524. The molecular weight excluding hydrogens is 266 g/mol. The minimum Gasteiger partial charge on any atom is -0.304 e. The Hall–Kier alpha value is -1.34. The summed E-state index contributed by atoms with van der Waals surface area (Å²) in [5, 5.41) is 3.67. The average Bonchev–Trinajstić information content (AvgIpc) is 2.53. The van der Waals surface area contributed by atoms with Crippen molar-refractivity contribution in [1.82, 2.24) is 5.32 Å². The first-order chi connectivity index (χ1) is 10.5. The standard InChI is InChI=1S/C21H29N/c1-15(22-16(2)17-8-6-5-7-9-17)10-11-18-12-13-19-14-20(18)21(19,3)4/h5-12,15-16,19-20,22H,13-14H2,1-4H3/b11-10-/t15-,16+,19-,20-/m0/s1. The number of hydrogen-bond acceptors (Lipinski definition) is 1. The highest BCUT2D eigenvalue weighted by Gasteiger charge is 2.50. The molecule has 1 fully saturated rings. The summed E-state index contributed by atoms with van der Waals surface area (Å²) in [7, 11) is 0. The Morgan fingerprint density at radius 3 is 2.55 bits per heavy atom. The summed E-state index contributed by atoms with van der Waals surface area (Å²) in [6, 6.07) is 11.4. The van der Waals surface area contributed by atoms with E-state index < -0.39 is 0 Å². The second-order valence-corrected chi connectivity index (χ2v) is 7.69. The summed E-state index contributed by atoms with van der Waals surface area (Å²) in [4.78, 5) is 0. The Balaban J connectivity index is 1.58. The van der Waals surface area contributed by atoms with Gasteiger partial charge in [0.25, 0.3) is 0 Å². The summed E-state index contributed by atoms with van der Waals surface area (Å²) >= 11 is 0. The Labute approximate surface area is 135 Å². The first-order valence-corrected chi connectivity index (χ1v) is 8.67. The third-order valence-electron chi connectivity index (χ3n) is 5.90. The highest BCUT2D eigenvalue weighted by atomic mass is 14.9. The highest BCUT2D eigenvalue weighted by molar-refractivity contribution is 5.32. The second-order valence-electron chi connectivity index (χ2n) is 7.69. The van der Waals surface area contributed by atoms with E-state index >= 15 is 0 Å². The summed E-state index contributed by atoms with van der Waals surface area (Å²) in [6.45, 7) is 9.35. The maximum Gasteiger partial charge on any atom is 0.0297 e.